The van der Waals surface area contributed by atoms with Crippen molar-refractivity contribution >= 4 is 0 Å². The largest absolute Gasteiger partial charge is 0.388 e. The Morgan fingerprint density at radius 3 is 2.32 bits per heavy atom. The van der Waals surface area contributed by atoms with Crippen molar-refractivity contribution in [3.63, 3.8) is 0 Å². The molecule has 1 aromatic heterocycles. The van der Waals surface area contributed by atoms with Crippen LogP contribution in [0.1, 0.15) is 22.9 Å². The normalized spacial score (nSPS) is 12.5. The quantitative estimate of drug-likeness (QED) is 0.867. The highest BCUT2D eigenvalue weighted by atomic mass is 19.2. The topological polar surface area (TPSA) is 33.1 Å². The SMILES string of the molecule is Cc1ccc(CC(O)c2cc(F)c(F)c(F)c2)nc1. The number of aliphatic hydroxyl groups is 1. The van der Waals surface area contributed by atoms with Gasteiger partial charge in [-0.2, -0.15) is 0 Å². The van der Waals surface area contributed by atoms with Crippen LogP contribution in [0.2, 0.25) is 0 Å². The van der Waals surface area contributed by atoms with Crippen molar-refractivity contribution < 1.29 is 18.3 Å². The summed E-state index contributed by atoms with van der Waals surface area (Å²) >= 11 is 0. The molecule has 2 rings (SSSR count). The van der Waals surface area contributed by atoms with Crippen molar-refractivity contribution in [3.05, 3.63) is 64.7 Å². The Morgan fingerprint density at radius 1 is 1.16 bits per heavy atom. The van der Waals surface area contributed by atoms with Gasteiger partial charge in [0.05, 0.1) is 6.10 Å². The van der Waals surface area contributed by atoms with Gasteiger partial charge in [0.15, 0.2) is 17.5 Å². The summed E-state index contributed by atoms with van der Waals surface area (Å²) in [6.45, 7) is 1.87. The van der Waals surface area contributed by atoms with Gasteiger partial charge in [0.2, 0.25) is 0 Å². The first-order chi connectivity index (χ1) is 8.97. The predicted molar refractivity (Wildman–Crippen MR) is 64.0 cm³/mol. The van der Waals surface area contributed by atoms with Crippen molar-refractivity contribution in [1.29, 1.82) is 0 Å². The molecule has 0 aliphatic carbocycles. The monoisotopic (exact) mass is 267 g/mol. The van der Waals surface area contributed by atoms with Crippen LogP contribution in [0.15, 0.2) is 30.5 Å². The van der Waals surface area contributed by atoms with E-state index in [4.69, 9.17) is 0 Å². The first-order valence-electron chi connectivity index (χ1n) is 5.71. The lowest BCUT2D eigenvalue weighted by Crippen LogP contribution is -2.05. The zero-order chi connectivity index (χ0) is 14.0. The van der Waals surface area contributed by atoms with Gasteiger partial charge in [-0.15, -0.1) is 0 Å². The van der Waals surface area contributed by atoms with E-state index in [0.29, 0.717) is 5.69 Å². The van der Waals surface area contributed by atoms with Crippen LogP contribution in [0.3, 0.4) is 0 Å². The molecule has 0 fully saturated rings. The van der Waals surface area contributed by atoms with Gasteiger partial charge in [-0.05, 0) is 36.2 Å². The molecule has 0 radical (unpaired) electrons. The van der Waals surface area contributed by atoms with Gasteiger partial charge < -0.3 is 5.11 Å². The molecular weight excluding hydrogens is 255 g/mol. The molecule has 0 amide bonds. The molecule has 0 bridgehead atoms. The Kier molecular flexibility index (Phi) is 3.85. The fraction of sp³-hybridized carbons (Fsp3) is 0.214. The van der Waals surface area contributed by atoms with Gasteiger partial charge in [0.1, 0.15) is 0 Å². The molecular formula is C14H12F3NO. The van der Waals surface area contributed by atoms with Crippen molar-refractivity contribution in [2.45, 2.75) is 19.4 Å². The van der Waals surface area contributed by atoms with E-state index in [2.05, 4.69) is 4.98 Å². The maximum absolute atomic E-state index is 13.1. The molecule has 0 aliphatic rings. The molecule has 0 spiro atoms. The molecule has 1 atom stereocenters. The molecule has 19 heavy (non-hydrogen) atoms. The summed E-state index contributed by atoms with van der Waals surface area (Å²) in [5.74, 6) is -4.17. The van der Waals surface area contributed by atoms with Gasteiger partial charge in [-0.25, -0.2) is 13.2 Å². The number of halogens is 3. The zero-order valence-corrected chi connectivity index (χ0v) is 10.2. The van der Waals surface area contributed by atoms with E-state index >= 15 is 0 Å². The van der Waals surface area contributed by atoms with Crippen LogP contribution in [0.4, 0.5) is 13.2 Å². The maximum atomic E-state index is 13.1. The number of hydrogen-bond acceptors (Lipinski definition) is 2. The summed E-state index contributed by atoms with van der Waals surface area (Å²) in [6.07, 6.45) is 0.596. The van der Waals surface area contributed by atoms with Gasteiger partial charge in [-0.3, -0.25) is 4.98 Å². The van der Waals surface area contributed by atoms with Gasteiger partial charge in [0.25, 0.3) is 0 Å². The lowest BCUT2D eigenvalue weighted by Gasteiger charge is -2.11. The lowest BCUT2D eigenvalue weighted by atomic mass is 10.0. The first kappa shape index (κ1) is 13.5. The van der Waals surface area contributed by atoms with Gasteiger partial charge in [0, 0.05) is 18.3 Å². The Balaban J connectivity index is 2.20. The maximum Gasteiger partial charge on any atom is 0.194 e. The van der Waals surface area contributed by atoms with Crippen LogP contribution >= 0.6 is 0 Å². The minimum atomic E-state index is -1.54. The van der Waals surface area contributed by atoms with E-state index in [9.17, 15) is 18.3 Å². The van der Waals surface area contributed by atoms with Crippen molar-refractivity contribution in [3.8, 4) is 0 Å². The van der Waals surface area contributed by atoms with Crippen molar-refractivity contribution in [2.24, 2.45) is 0 Å². The van der Waals surface area contributed by atoms with Crippen LogP contribution < -0.4 is 0 Å². The second-order valence-electron chi connectivity index (χ2n) is 4.35. The molecule has 1 N–H and O–H groups in total. The number of aliphatic hydroxyl groups excluding tert-OH is 1. The number of aryl methyl sites for hydroxylation is 1. The van der Waals surface area contributed by atoms with Crippen LogP contribution in [-0.4, -0.2) is 10.1 Å². The second-order valence-corrected chi connectivity index (χ2v) is 4.35. The van der Waals surface area contributed by atoms with Gasteiger partial charge >= 0.3 is 0 Å². The third-order valence-corrected chi connectivity index (χ3v) is 2.77. The summed E-state index contributed by atoms with van der Waals surface area (Å²) < 4.78 is 38.9. The van der Waals surface area contributed by atoms with Crippen molar-refractivity contribution in [1.82, 2.24) is 4.98 Å². The molecule has 1 unspecified atom stereocenters. The Bertz CT molecular complexity index is 561. The minimum Gasteiger partial charge on any atom is -0.388 e. The number of benzene rings is 1. The number of nitrogens with zero attached hydrogens (tertiary/aromatic N) is 1. The molecule has 5 heteroatoms. The fourth-order valence-electron chi connectivity index (χ4n) is 1.70. The lowest BCUT2D eigenvalue weighted by molar-refractivity contribution is 0.176. The molecule has 2 nitrogen and oxygen atoms in total. The molecule has 2 aromatic rings. The highest BCUT2D eigenvalue weighted by Crippen LogP contribution is 2.21. The summed E-state index contributed by atoms with van der Waals surface area (Å²) in [7, 11) is 0. The van der Waals surface area contributed by atoms with Crippen LogP contribution in [0.5, 0.6) is 0 Å². The fourth-order valence-corrected chi connectivity index (χ4v) is 1.70. The van der Waals surface area contributed by atoms with E-state index in [1.165, 1.54) is 0 Å². The molecule has 1 aromatic carbocycles. The number of pyridine rings is 1. The summed E-state index contributed by atoms with van der Waals surface area (Å²) in [5.41, 5.74) is 1.54. The van der Waals surface area contributed by atoms with Crippen molar-refractivity contribution in [2.75, 3.05) is 0 Å². The van der Waals surface area contributed by atoms with E-state index < -0.39 is 23.6 Å². The van der Waals surface area contributed by atoms with Crippen LogP contribution in [-0.2, 0) is 6.42 Å². The second kappa shape index (κ2) is 5.40. The molecule has 0 saturated carbocycles. The first-order valence-corrected chi connectivity index (χ1v) is 5.71. The van der Waals surface area contributed by atoms with E-state index in [1.54, 1.807) is 12.3 Å². The zero-order valence-electron chi connectivity index (χ0n) is 10.2. The highest BCUT2D eigenvalue weighted by molar-refractivity contribution is 5.23. The summed E-state index contributed by atoms with van der Waals surface area (Å²) in [4.78, 5) is 4.08. The highest BCUT2D eigenvalue weighted by Gasteiger charge is 2.16. The molecule has 0 saturated heterocycles. The molecule has 0 aliphatic heterocycles. The minimum absolute atomic E-state index is 0.0150. The van der Waals surface area contributed by atoms with Crippen LogP contribution in [0, 0.1) is 24.4 Å². The third kappa shape index (κ3) is 3.12. The number of hydrogen-bond donors (Lipinski definition) is 1. The number of aromatic nitrogens is 1. The molecule has 1 heterocycles. The summed E-state index contributed by atoms with van der Waals surface area (Å²) in [5, 5.41) is 9.89. The average molecular weight is 267 g/mol. The van der Waals surface area contributed by atoms with Crippen LogP contribution in [0.25, 0.3) is 0 Å². The summed E-state index contributed by atoms with van der Waals surface area (Å²) in [6, 6.07) is 5.12. The number of rotatable bonds is 3. The standard InChI is InChI=1S/C14H12F3NO/c1-8-2-3-10(18-7-8)6-13(19)9-4-11(15)14(17)12(16)5-9/h2-5,7,13,19H,6H2,1H3. The van der Waals surface area contributed by atoms with E-state index in [0.717, 1.165) is 17.7 Å². The van der Waals surface area contributed by atoms with E-state index in [-0.39, 0.29) is 12.0 Å². The van der Waals surface area contributed by atoms with E-state index in [1.807, 2.05) is 13.0 Å². The smallest absolute Gasteiger partial charge is 0.194 e. The third-order valence-electron chi connectivity index (χ3n) is 2.77. The van der Waals surface area contributed by atoms with Gasteiger partial charge in [-0.1, -0.05) is 6.07 Å². The Hall–Kier alpha value is -1.88. The predicted octanol–water partition coefficient (Wildman–Crippen LogP) is 3.08. The Morgan fingerprint density at radius 2 is 1.79 bits per heavy atom. The molecule has 100 valence electrons. The average Bonchev–Trinajstić information content (AvgIpc) is 2.38. The Labute approximate surface area is 108 Å².